The summed E-state index contributed by atoms with van der Waals surface area (Å²) in [6, 6.07) is 14.4. The van der Waals surface area contributed by atoms with E-state index in [0.29, 0.717) is 19.5 Å². The Kier molecular flexibility index (Phi) is 4.11. The van der Waals surface area contributed by atoms with Gasteiger partial charge in [-0.3, -0.25) is 4.79 Å². The first-order valence-corrected chi connectivity index (χ1v) is 9.02. The maximum absolute atomic E-state index is 12.7. The van der Waals surface area contributed by atoms with Crippen molar-refractivity contribution in [2.45, 2.75) is 32.7 Å². The van der Waals surface area contributed by atoms with Gasteiger partial charge in [0.25, 0.3) is 0 Å². The quantitative estimate of drug-likeness (QED) is 0.659. The number of hydrogen-bond donors (Lipinski definition) is 0. The van der Waals surface area contributed by atoms with Crippen LogP contribution in [0.1, 0.15) is 29.3 Å². The molecule has 1 amide bonds. The lowest BCUT2D eigenvalue weighted by atomic mass is 10.1. The third kappa shape index (κ3) is 2.71. The Morgan fingerprint density at radius 1 is 1.23 bits per heavy atom. The lowest BCUT2D eigenvalue weighted by molar-refractivity contribution is -0.117. The van der Waals surface area contributed by atoms with Crippen LogP contribution < -0.4 is 4.90 Å². The third-order valence-corrected chi connectivity index (χ3v) is 5.13. The first kappa shape index (κ1) is 16.6. The summed E-state index contributed by atoms with van der Waals surface area (Å²) in [6.07, 6.45) is 2.38. The van der Waals surface area contributed by atoms with Crippen LogP contribution in [-0.4, -0.2) is 22.0 Å². The van der Waals surface area contributed by atoms with Crippen molar-refractivity contribution in [2.24, 2.45) is 0 Å². The number of anilines is 1. The number of amides is 1. The number of aromatic nitrogens is 2. The van der Waals surface area contributed by atoms with Crippen molar-refractivity contribution in [2.75, 3.05) is 11.4 Å². The summed E-state index contributed by atoms with van der Waals surface area (Å²) < 4.78 is 2.19. The highest BCUT2D eigenvalue weighted by Crippen LogP contribution is 2.34. The molecule has 2 aromatic carbocycles. The summed E-state index contributed by atoms with van der Waals surface area (Å²) >= 11 is 0. The zero-order valence-corrected chi connectivity index (χ0v) is 15.3. The SMILES string of the molecule is C=CCn1c([C@@H]2CC(=O)N(c3ccc(C)cc3C)C2)nc2ccccc21. The van der Waals surface area contributed by atoms with Crippen molar-refractivity contribution in [3.05, 3.63) is 72.1 Å². The minimum atomic E-state index is 0.0931. The molecule has 4 rings (SSSR count). The summed E-state index contributed by atoms with van der Waals surface area (Å²) in [5.41, 5.74) is 5.43. The van der Waals surface area contributed by atoms with Gasteiger partial charge in [0, 0.05) is 31.1 Å². The van der Waals surface area contributed by atoms with E-state index in [2.05, 4.69) is 49.3 Å². The first-order chi connectivity index (χ1) is 12.6. The summed E-state index contributed by atoms with van der Waals surface area (Å²) in [6.45, 7) is 9.39. The molecular formula is C22H23N3O. The number of rotatable bonds is 4. The van der Waals surface area contributed by atoms with Crippen LogP contribution in [0.5, 0.6) is 0 Å². The fourth-order valence-electron chi connectivity index (χ4n) is 3.95. The molecule has 1 aliphatic rings. The molecule has 0 aliphatic carbocycles. The monoisotopic (exact) mass is 345 g/mol. The number of hydrogen-bond acceptors (Lipinski definition) is 2. The van der Waals surface area contributed by atoms with E-state index in [4.69, 9.17) is 4.98 Å². The van der Waals surface area contributed by atoms with E-state index in [1.54, 1.807) is 0 Å². The number of benzene rings is 2. The van der Waals surface area contributed by atoms with Crippen LogP contribution >= 0.6 is 0 Å². The Balaban J connectivity index is 1.72. The van der Waals surface area contributed by atoms with Crippen molar-refractivity contribution in [3.8, 4) is 0 Å². The molecule has 1 aliphatic heterocycles. The average molecular weight is 345 g/mol. The second-order valence-electron chi connectivity index (χ2n) is 7.05. The number of carbonyl (C=O) groups excluding carboxylic acids is 1. The molecule has 1 aromatic heterocycles. The maximum atomic E-state index is 12.7. The second-order valence-corrected chi connectivity index (χ2v) is 7.05. The Morgan fingerprint density at radius 3 is 2.81 bits per heavy atom. The van der Waals surface area contributed by atoms with Gasteiger partial charge in [0.15, 0.2) is 0 Å². The largest absolute Gasteiger partial charge is 0.324 e. The molecule has 0 saturated carbocycles. The molecule has 2 heterocycles. The number of nitrogens with zero attached hydrogens (tertiary/aromatic N) is 3. The molecule has 4 nitrogen and oxygen atoms in total. The van der Waals surface area contributed by atoms with Gasteiger partial charge >= 0.3 is 0 Å². The number of allylic oxidation sites excluding steroid dienone is 1. The highest BCUT2D eigenvalue weighted by molar-refractivity contribution is 5.97. The highest BCUT2D eigenvalue weighted by Gasteiger charge is 2.35. The number of imidazole rings is 1. The summed E-state index contributed by atoms with van der Waals surface area (Å²) in [5, 5.41) is 0. The van der Waals surface area contributed by atoms with Gasteiger partial charge in [0.05, 0.1) is 11.0 Å². The molecule has 1 saturated heterocycles. The fraction of sp³-hybridized carbons (Fsp3) is 0.273. The van der Waals surface area contributed by atoms with Crippen molar-refractivity contribution >= 4 is 22.6 Å². The molecule has 0 spiro atoms. The van der Waals surface area contributed by atoms with Crippen molar-refractivity contribution < 1.29 is 4.79 Å². The zero-order chi connectivity index (χ0) is 18.3. The fourth-order valence-corrected chi connectivity index (χ4v) is 3.95. The topological polar surface area (TPSA) is 38.1 Å². The van der Waals surface area contributed by atoms with Crippen LogP contribution in [0, 0.1) is 13.8 Å². The second kappa shape index (κ2) is 6.45. The Morgan fingerprint density at radius 2 is 2.04 bits per heavy atom. The molecule has 0 unspecified atom stereocenters. The van der Waals surface area contributed by atoms with Crippen LogP contribution in [0.4, 0.5) is 5.69 Å². The van der Waals surface area contributed by atoms with Gasteiger partial charge < -0.3 is 9.47 Å². The van der Waals surface area contributed by atoms with E-state index < -0.39 is 0 Å². The molecule has 0 radical (unpaired) electrons. The van der Waals surface area contributed by atoms with E-state index in [1.165, 1.54) is 5.56 Å². The summed E-state index contributed by atoms with van der Waals surface area (Å²) in [5.74, 6) is 1.24. The standard InChI is InChI=1S/C22H23N3O/c1-4-11-24-20-8-6-5-7-18(20)23-22(24)17-13-21(26)25(14-17)19-10-9-15(2)12-16(19)3/h4-10,12,17H,1,11,13-14H2,2-3H3/t17-/m1/s1. The number of aryl methyl sites for hydroxylation is 2. The smallest absolute Gasteiger partial charge is 0.227 e. The lowest BCUT2D eigenvalue weighted by Gasteiger charge is -2.19. The molecule has 3 aromatic rings. The molecule has 26 heavy (non-hydrogen) atoms. The van der Waals surface area contributed by atoms with Crippen molar-refractivity contribution in [1.82, 2.24) is 9.55 Å². The van der Waals surface area contributed by atoms with Gasteiger partial charge in [0.2, 0.25) is 5.91 Å². The van der Waals surface area contributed by atoms with Gasteiger partial charge in [0.1, 0.15) is 5.82 Å². The zero-order valence-electron chi connectivity index (χ0n) is 15.3. The molecule has 0 N–H and O–H groups in total. The average Bonchev–Trinajstić information content (AvgIpc) is 3.17. The van der Waals surface area contributed by atoms with Crippen molar-refractivity contribution in [3.63, 3.8) is 0 Å². The lowest BCUT2D eigenvalue weighted by Crippen LogP contribution is -2.25. The van der Waals surface area contributed by atoms with Crippen LogP contribution in [0.3, 0.4) is 0 Å². The summed E-state index contributed by atoms with van der Waals surface area (Å²) in [4.78, 5) is 19.5. The molecule has 0 bridgehead atoms. The number of para-hydroxylation sites is 2. The predicted molar refractivity (Wildman–Crippen MR) is 106 cm³/mol. The molecule has 1 fully saturated rings. The third-order valence-electron chi connectivity index (χ3n) is 5.13. The number of fused-ring (bicyclic) bond motifs is 1. The minimum absolute atomic E-state index is 0.0931. The van der Waals surface area contributed by atoms with Crippen LogP contribution in [-0.2, 0) is 11.3 Å². The van der Waals surface area contributed by atoms with E-state index >= 15 is 0 Å². The maximum Gasteiger partial charge on any atom is 0.227 e. The van der Waals surface area contributed by atoms with Gasteiger partial charge in [-0.2, -0.15) is 0 Å². The predicted octanol–water partition coefficient (Wildman–Crippen LogP) is 4.36. The van der Waals surface area contributed by atoms with Crippen LogP contribution in [0.25, 0.3) is 11.0 Å². The van der Waals surface area contributed by atoms with Gasteiger partial charge in [-0.05, 0) is 37.6 Å². The summed E-state index contributed by atoms with van der Waals surface area (Å²) in [7, 11) is 0. The Hall–Kier alpha value is -2.88. The van der Waals surface area contributed by atoms with Crippen LogP contribution in [0.2, 0.25) is 0 Å². The first-order valence-electron chi connectivity index (χ1n) is 9.02. The van der Waals surface area contributed by atoms with E-state index in [0.717, 1.165) is 28.1 Å². The number of carbonyl (C=O) groups is 1. The van der Waals surface area contributed by atoms with Gasteiger partial charge in [-0.25, -0.2) is 4.98 Å². The van der Waals surface area contributed by atoms with E-state index in [-0.39, 0.29) is 11.8 Å². The molecule has 4 heteroatoms. The minimum Gasteiger partial charge on any atom is -0.324 e. The van der Waals surface area contributed by atoms with E-state index in [9.17, 15) is 4.79 Å². The molecule has 132 valence electrons. The van der Waals surface area contributed by atoms with E-state index in [1.807, 2.05) is 29.2 Å². The van der Waals surface area contributed by atoms with Gasteiger partial charge in [-0.15, -0.1) is 6.58 Å². The Bertz CT molecular complexity index is 1000. The normalized spacial score (nSPS) is 17.2. The highest BCUT2D eigenvalue weighted by atomic mass is 16.2. The molecular weight excluding hydrogens is 322 g/mol. The van der Waals surface area contributed by atoms with Crippen LogP contribution in [0.15, 0.2) is 55.1 Å². The Labute approximate surface area is 153 Å². The van der Waals surface area contributed by atoms with Gasteiger partial charge in [-0.1, -0.05) is 35.9 Å². The van der Waals surface area contributed by atoms with Crippen molar-refractivity contribution in [1.29, 1.82) is 0 Å². The molecule has 1 atom stereocenters.